The Hall–Kier alpha value is -1.45. The molecule has 0 unspecified atom stereocenters. The zero-order valence-electron chi connectivity index (χ0n) is 6.33. The van der Waals surface area contributed by atoms with Gasteiger partial charge in [0.1, 0.15) is 5.82 Å². The number of rotatable bonds is 1. The molecule has 1 rings (SSSR count). The summed E-state index contributed by atoms with van der Waals surface area (Å²) < 4.78 is 0. The molecule has 1 aromatic heterocycles. The van der Waals surface area contributed by atoms with Crippen LogP contribution < -0.4 is 0 Å². The van der Waals surface area contributed by atoms with Crippen LogP contribution in [0, 0.1) is 13.8 Å². The van der Waals surface area contributed by atoms with E-state index in [9.17, 15) is 4.79 Å². The summed E-state index contributed by atoms with van der Waals surface area (Å²) >= 11 is 0. The van der Waals surface area contributed by atoms with Gasteiger partial charge in [0, 0.05) is 5.69 Å². The summed E-state index contributed by atoms with van der Waals surface area (Å²) in [6.07, 6.45) is 0. The summed E-state index contributed by atoms with van der Waals surface area (Å²) in [6, 6.07) is 1.44. The molecule has 0 aliphatic carbocycles. The van der Waals surface area contributed by atoms with Crippen molar-refractivity contribution in [3.05, 3.63) is 23.3 Å². The zero-order chi connectivity index (χ0) is 8.43. The number of carboxylic acid groups (broad SMARTS) is 1. The highest BCUT2D eigenvalue weighted by molar-refractivity contribution is 5.85. The third-order valence-electron chi connectivity index (χ3n) is 1.19. The van der Waals surface area contributed by atoms with Crippen LogP contribution >= 0.6 is 0 Å². The van der Waals surface area contributed by atoms with Crippen LogP contribution in [-0.2, 0) is 0 Å². The summed E-state index contributed by atoms with van der Waals surface area (Å²) in [4.78, 5) is 18.1. The van der Waals surface area contributed by atoms with Gasteiger partial charge in [0.2, 0.25) is 0 Å². The minimum Gasteiger partial charge on any atom is -0.477 e. The number of aromatic nitrogens is 2. The van der Waals surface area contributed by atoms with Gasteiger partial charge in [-0.15, -0.1) is 0 Å². The molecule has 0 radical (unpaired) electrons. The highest BCUT2D eigenvalue weighted by atomic mass is 16.4. The molecule has 0 bridgehead atoms. The first-order chi connectivity index (χ1) is 5.09. The minimum atomic E-state index is -1.02. The van der Waals surface area contributed by atoms with Crippen molar-refractivity contribution in [2.24, 2.45) is 0 Å². The number of aryl methyl sites for hydroxylation is 2. The molecular weight excluding hydrogens is 144 g/mol. The number of aromatic carboxylic acids is 1. The average Bonchev–Trinajstić information content (AvgIpc) is 1.85. The van der Waals surface area contributed by atoms with Gasteiger partial charge in [-0.25, -0.2) is 14.8 Å². The fourth-order valence-corrected chi connectivity index (χ4v) is 0.827. The van der Waals surface area contributed by atoms with E-state index in [4.69, 9.17) is 5.11 Å². The van der Waals surface area contributed by atoms with Gasteiger partial charge in [0.05, 0.1) is 0 Å². The first kappa shape index (κ1) is 7.65. The van der Waals surface area contributed by atoms with Crippen LogP contribution in [0.4, 0.5) is 0 Å². The molecular formula is C7H8N2O2. The Morgan fingerprint density at radius 1 is 1.45 bits per heavy atom. The Morgan fingerprint density at radius 2 is 2.09 bits per heavy atom. The molecule has 11 heavy (non-hydrogen) atoms. The van der Waals surface area contributed by atoms with Gasteiger partial charge >= 0.3 is 5.97 Å². The Kier molecular flexibility index (Phi) is 1.85. The molecule has 0 amide bonds. The Labute approximate surface area is 63.9 Å². The van der Waals surface area contributed by atoms with Crippen molar-refractivity contribution in [2.45, 2.75) is 13.8 Å². The van der Waals surface area contributed by atoms with Gasteiger partial charge < -0.3 is 5.11 Å². The first-order valence-electron chi connectivity index (χ1n) is 3.15. The van der Waals surface area contributed by atoms with Crippen molar-refractivity contribution < 1.29 is 9.90 Å². The summed E-state index contributed by atoms with van der Waals surface area (Å²) in [5, 5.41) is 8.54. The number of carboxylic acids is 1. The maximum Gasteiger partial charge on any atom is 0.354 e. The van der Waals surface area contributed by atoms with Crippen LogP contribution in [0.3, 0.4) is 0 Å². The highest BCUT2D eigenvalue weighted by Gasteiger charge is 2.05. The largest absolute Gasteiger partial charge is 0.477 e. The summed E-state index contributed by atoms with van der Waals surface area (Å²) in [7, 11) is 0. The standard InChI is InChI=1S/C7H8N2O2/c1-4-3-6(7(10)11)9-5(2)8-4/h3H,1-2H3,(H,10,11). The van der Waals surface area contributed by atoms with E-state index in [2.05, 4.69) is 9.97 Å². The topological polar surface area (TPSA) is 63.1 Å². The van der Waals surface area contributed by atoms with Crippen molar-refractivity contribution in [3.63, 3.8) is 0 Å². The van der Waals surface area contributed by atoms with E-state index in [1.165, 1.54) is 6.07 Å². The third kappa shape index (κ3) is 1.73. The molecule has 58 valence electrons. The van der Waals surface area contributed by atoms with Crippen LogP contribution in [0.1, 0.15) is 22.0 Å². The Morgan fingerprint density at radius 3 is 2.55 bits per heavy atom. The van der Waals surface area contributed by atoms with Crippen molar-refractivity contribution in [1.29, 1.82) is 0 Å². The monoisotopic (exact) mass is 152 g/mol. The van der Waals surface area contributed by atoms with Gasteiger partial charge in [-0.2, -0.15) is 0 Å². The second kappa shape index (κ2) is 2.65. The second-order valence-corrected chi connectivity index (χ2v) is 2.25. The number of carbonyl (C=O) groups is 1. The molecule has 0 fully saturated rings. The average molecular weight is 152 g/mol. The lowest BCUT2D eigenvalue weighted by molar-refractivity contribution is 0.0690. The van der Waals surface area contributed by atoms with E-state index in [0.717, 1.165) is 0 Å². The van der Waals surface area contributed by atoms with Crippen molar-refractivity contribution >= 4 is 5.97 Å². The number of nitrogens with zero attached hydrogens (tertiary/aromatic N) is 2. The molecule has 0 aliphatic rings. The quantitative estimate of drug-likeness (QED) is 0.646. The van der Waals surface area contributed by atoms with Gasteiger partial charge in [-0.1, -0.05) is 0 Å². The highest BCUT2D eigenvalue weighted by Crippen LogP contribution is 1.98. The van der Waals surface area contributed by atoms with Gasteiger partial charge in [-0.05, 0) is 19.9 Å². The lowest BCUT2D eigenvalue weighted by Crippen LogP contribution is -2.03. The molecule has 0 atom stereocenters. The second-order valence-electron chi connectivity index (χ2n) is 2.25. The molecule has 0 saturated heterocycles. The molecule has 0 saturated carbocycles. The fraction of sp³-hybridized carbons (Fsp3) is 0.286. The normalized spacial score (nSPS) is 9.64. The predicted molar refractivity (Wildman–Crippen MR) is 38.5 cm³/mol. The molecule has 4 heteroatoms. The Balaban J connectivity index is 3.19. The van der Waals surface area contributed by atoms with E-state index in [0.29, 0.717) is 11.5 Å². The minimum absolute atomic E-state index is 0.0509. The maximum absolute atomic E-state index is 10.4. The Bertz CT molecular complexity index is 276. The lowest BCUT2D eigenvalue weighted by Gasteiger charge is -1.96. The predicted octanol–water partition coefficient (Wildman–Crippen LogP) is 0.792. The zero-order valence-corrected chi connectivity index (χ0v) is 6.33. The molecule has 4 nitrogen and oxygen atoms in total. The van der Waals surface area contributed by atoms with Crippen LogP contribution in [-0.4, -0.2) is 21.0 Å². The number of hydrogen-bond acceptors (Lipinski definition) is 3. The van der Waals surface area contributed by atoms with Crippen LogP contribution in [0.15, 0.2) is 6.07 Å². The van der Waals surface area contributed by atoms with Gasteiger partial charge in [0.15, 0.2) is 5.69 Å². The smallest absolute Gasteiger partial charge is 0.354 e. The molecule has 0 spiro atoms. The van der Waals surface area contributed by atoms with E-state index in [1.54, 1.807) is 13.8 Å². The van der Waals surface area contributed by atoms with E-state index >= 15 is 0 Å². The molecule has 1 N–H and O–H groups in total. The van der Waals surface area contributed by atoms with Crippen LogP contribution in [0.2, 0.25) is 0 Å². The number of hydrogen-bond donors (Lipinski definition) is 1. The van der Waals surface area contributed by atoms with Crippen LogP contribution in [0.5, 0.6) is 0 Å². The van der Waals surface area contributed by atoms with Crippen LogP contribution in [0.25, 0.3) is 0 Å². The maximum atomic E-state index is 10.4. The van der Waals surface area contributed by atoms with Gasteiger partial charge in [0.25, 0.3) is 0 Å². The third-order valence-corrected chi connectivity index (χ3v) is 1.19. The van der Waals surface area contributed by atoms with Crippen molar-refractivity contribution in [2.75, 3.05) is 0 Å². The van der Waals surface area contributed by atoms with Crippen molar-refractivity contribution in [1.82, 2.24) is 9.97 Å². The van der Waals surface area contributed by atoms with Gasteiger partial charge in [-0.3, -0.25) is 0 Å². The summed E-state index contributed by atoms with van der Waals surface area (Å²) in [5.74, 6) is -0.527. The molecule has 1 aromatic rings. The lowest BCUT2D eigenvalue weighted by atomic mass is 10.3. The molecule has 1 heterocycles. The summed E-state index contributed by atoms with van der Waals surface area (Å²) in [5.41, 5.74) is 0.727. The fourth-order valence-electron chi connectivity index (χ4n) is 0.827. The van der Waals surface area contributed by atoms with E-state index < -0.39 is 5.97 Å². The SMILES string of the molecule is Cc1cc(C(=O)O)nc(C)n1. The molecule has 0 aliphatic heterocycles. The molecule has 0 aromatic carbocycles. The first-order valence-corrected chi connectivity index (χ1v) is 3.15. The van der Waals surface area contributed by atoms with E-state index in [-0.39, 0.29) is 5.69 Å². The summed E-state index contributed by atoms with van der Waals surface area (Å²) in [6.45, 7) is 3.40. The van der Waals surface area contributed by atoms with E-state index in [1.807, 2.05) is 0 Å². The van der Waals surface area contributed by atoms with Crippen molar-refractivity contribution in [3.8, 4) is 0 Å².